The van der Waals surface area contributed by atoms with Crippen molar-refractivity contribution in [2.45, 2.75) is 51.4 Å². The van der Waals surface area contributed by atoms with Gasteiger partial charge in [-0.25, -0.2) is 4.98 Å². The summed E-state index contributed by atoms with van der Waals surface area (Å²) < 4.78 is 11.2. The zero-order valence-electron chi connectivity index (χ0n) is 18.9. The van der Waals surface area contributed by atoms with Gasteiger partial charge in [-0.05, 0) is 56.9 Å². The molecule has 0 spiro atoms. The summed E-state index contributed by atoms with van der Waals surface area (Å²) in [6.07, 6.45) is 5.89. The van der Waals surface area contributed by atoms with Crippen LogP contribution in [0.3, 0.4) is 0 Å². The molecule has 1 N–H and O–H groups in total. The van der Waals surface area contributed by atoms with E-state index in [1.54, 1.807) is 13.3 Å². The molecular weight excluding hydrogens is 404 g/mol. The fraction of sp³-hybridized carbons (Fsp3) is 0.520. The van der Waals surface area contributed by atoms with Gasteiger partial charge in [0, 0.05) is 43.6 Å². The predicted octanol–water partition coefficient (Wildman–Crippen LogP) is 4.10. The van der Waals surface area contributed by atoms with E-state index in [0.717, 1.165) is 73.8 Å². The molecule has 0 bridgehead atoms. The predicted molar refractivity (Wildman–Crippen MR) is 126 cm³/mol. The first-order valence-corrected chi connectivity index (χ1v) is 11.7. The number of fused-ring (bicyclic) bond motifs is 2. The maximum absolute atomic E-state index is 13.8. The Morgan fingerprint density at radius 1 is 1.22 bits per heavy atom. The summed E-state index contributed by atoms with van der Waals surface area (Å²) in [5.41, 5.74) is 4.01. The van der Waals surface area contributed by atoms with Crippen molar-refractivity contribution in [2.75, 3.05) is 41.9 Å². The summed E-state index contributed by atoms with van der Waals surface area (Å²) >= 11 is 0. The normalized spacial score (nSPS) is 25.4. The lowest BCUT2D eigenvalue weighted by Crippen LogP contribution is -2.41. The number of rotatable bonds is 3. The fourth-order valence-corrected chi connectivity index (χ4v) is 5.12. The van der Waals surface area contributed by atoms with Gasteiger partial charge in [-0.15, -0.1) is 0 Å². The second-order valence-corrected chi connectivity index (χ2v) is 9.10. The number of benzene rings is 1. The highest BCUT2D eigenvalue weighted by atomic mass is 16.5. The van der Waals surface area contributed by atoms with Gasteiger partial charge in [0.15, 0.2) is 0 Å². The highest BCUT2D eigenvalue weighted by Crippen LogP contribution is 2.40. The molecule has 7 heteroatoms. The van der Waals surface area contributed by atoms with Crippen LogP contribution < -0.4 is 15.1 Å². The summed E-state index contributed by atoms with van der Waals surface area (Å²) in [4.78, 5) is 22.7. The Kier molecular flexibility index (Phi) is 6.02. The van der Waals surface area contributed by atoms with Crippen LogP contribution in [0.15, 0.2) is 36.5 Å². The number of nitrogens with one attached hydrogen (secondary N) is 1. The fourth-order valence-electron chi connectivity index (χ4n) is 5.12. The molecule has 1 aromatic heterocycles. The SMILES string of the molecule is COC1CCC(C(=O)N2Cc3cccnc3Nc3ccc(N4CCOC(C)C4)cc32)CC1. The van der Waals surface area contributed by atoms with Crippen molar-refractivity contribution in [3.05, 3.63) is 42.1 Å². The van der Waals surface area contributed by atoms with E-state index in [2.05, 4.69) is 40.3 Å². The van der Waals surface area contributed by atoms with Crippen LogP contribution in [-0.4, -0.2) is 49.9 Å². The highest BCUT2D eigenvalue weighted by molar-refractivity contribution is 6.00. The number of hydrogen-bond acceptors (Lipinski definition) is 6. The van der Waals surface area contributed by atoms with Crippen LogP contribution in [0, 0.1) is 5.92 Å². The zero-order chi connectivity index (χ0) is 22.1. The van der Waals surface area contributed by atoms with Gasteiger partial charge in [-0.2, -0.15) is 0 Å². The van der Waals surface area contributed by atoms with Crippen LogP contribution >= 0.6 is 0 Å². The lowest BCUT2D eigenvalue weighted by molar-refractivity contribution is -0.124. The second kappa shape index (κ2) is 9.08. The zero-order valence-corrected chi connectivity index (χ0v) is 18.9. The van der Waals surface area contributed by atoms with Crippen molar-refractivity contribution in [1.82, 2.24) is 4.98 Å². The number of amides is 1. The lowest BCUT2D eigenvalue weighted by atomic mass is 9.86. The minimum Gasteiger partial charge on any atom is -0.381 e. The molecule has 170 valence electrons. The molecule has 1 saturated carbocycles. The first-order valence-electron chi connectivity index (χ1n) is 11.7. The third-order valence-electron chi connectivity index (χ3n) is 6.97. The van der Waals surface area contributed by atoms with Crippen LogP contribution in [0.2, 0.25) is 0 Å². The van der Waals surface area contributed by atoms with Crippen LogP contribution in [0.25, 0.3) is 0 Å². The Bertz CT molecular complexity index is 973. The quantitative estimate of drug-likeness (QED) is 0.781. The maximum atomic E-state index is 13.8. The number of anilines is 4. The van der Waals surface area contributed by atoms with Crippen LogP contribution in [0.4, 0.5) is 22.9 Å². The Hall–Kier alpha value is -2.64. The number of pyridine rings is 1. The molecule has 0 radical (unpaired) electrons. The van der Waals surface area contributed by atoms with E-state index in [1.165, 1.54) is 0 Å². The van der Waals surface area contributed by atoms with E-state index in [0.29, 0.717) is 6.54 Å². The lowest BCUT2D eigenvalue weighted by Gasteiger charge is -2.35. The molecule has 1 atom stereocenters. The Balaban J connectivity index is 1.49. The number of carbonyl (C=O) groups excluding carboxylic acids is 1. The van der Waals surface area contributed by atoms with Crippen molar-refractivity contribution < 1.29 is 14.3 Å². The second-order valence-electron chi connectivity index (χ2n) is 9.10. The molecule has 1 saturated heterocycles. The summed E-state index contributed by atoms with van der Waals surface area (Å²) in [5, 5.41) is 3.48. The monoisotopic (exact) mass is 436 g/mol. The van der Waals surface area contributed by atoms with E-state index in [-0.39, 0.29) is 24.0 Å². The summed E-state index contributed by atoms with van der Waals surface area (Å²) in [6, 6.07) is 10.4. The number of methoxy groups -OCH3 is 1. The molecule has 5 rings (SSSR count). The molecular formula is C25H32N4O3. The van der Waals surface area contributed by atoms with Crippen molar-refractivity contribution in [3.8, 4) is 0 Å². The molecule has 32 heavy (non-hydrogen) atoms. The smallest absolute Gasteiger partial charge is 0.230 e. The molecule has 1 aliphatic carbocycles. The molecule has 2 aromatic rings. The van der Waals surface area contributed by atoms with E-state index >= 15 is 0 Å². The molecule has 1 aromatic carbocycles. The van der Waals surface area contributed by atoms with Crippen molar-refractivity contribution in [3.63, 3.8) is 0 Å². The number of ether oxygens (including phenoxy) is 2. The van der Waals surface area contributed by atoms with Gasteiger partial charge >= 0.3 is 0 Å². The van der Waals surface area contributed by atoms with Crippen LogP contribution in [-0.2, 0) is 20.8 Å². The molecule has 1 amide bonds. The van der Waals surface area contributed by atoms with Crippen LogP contribution in [0.1, 0.15) is 38.2 Å². The largest absolute Gasteiger partial charge is 0.381 e. The van der Waals surface area contributed by atoms with Gasteiger partial charge in [0.25, 0.3) is 0 Å². The molecule has 3 heterocycles. The van der Waals surface area contributed by atoms with Gasteiger partial charge < -0.3 is 24.6 Å². The average Bonchev–Trinajstić information content (AvgIpc) is 3.00. The van der Waals surface area contributed by atoms with Crippen molar-refractivity contribution in [2.24, 2.45) is 5.92 Å². The Labute approximate surface area is 189 Å². The number of carbonyl (C=O) groups is 1. The van der Waals surface area contributed by atoms with Gasteiger partial charge in [-0.3, -0.25) is 4.79 Å². The van der Waals surface area contributed by atoms with Crippen molar-refractivity contribution in [1.29, 1.82) is 0 Å². The topological polar surface area (TPSA) is 66.9 Å². The summed E-state index contributed by atoms with van der Waals surface area (Å²) in [6.45, 7) is 5.05. The van der Waals surface area contributed by atoms with Gasteiger partial charge in [0.1, 0.15) is 5.82 Å². The summed E-state index contributed by atoms with van der Waals surface area (Å²) in [5.74, 6) is 1.05. The van der Waals surface area contributed by atoms with Crippen molar-refractivity contribution >= 4 is 28.8 Å². The summed E-state index contributed by atoms with van der Waals surface area (Å²) in [7, 11) is 1.77. The Morgan fingerprint density at radius 3 is 2.84 bits per heavy atom. The average molecular weight is 437 g/mol. The number of hydrogen-bond donors (Lipinski definition) is 1. The molecule has 7 nitrogen and oxygen atoms in total. The van der Waals surface area contributed by atoms with E-state index < -0.39 is 0 Å². The first-order chi connectivity index (χ1) is 15.6. The van der Waals surface area contributed by atoms with Crippen LogP contribution in [0.5, 0.6) is 0 Å². The van der Waals surface area contributed by atoms with Gasteiger partial charge in [0.2, 0.25) is 5.91 Å². The number of nitrogens with zero attached hydrogens (tertiary/aromatic N) is 3. The molecule has 2 aliphatic heterocycles. The first kappa shape index (κ1) is 21.2. The number of morpholine rings is 1. The Morgan fingerprint density at radius 2 is 2.06 bits per heavy atom. The minimum atomic E-state index is 0.0273. The molecule has 1 unspecified atom stereocenters. The van der Waals surface area contributed by atoms with E-state index in [4.69, 9.17) is 9.47 Å². The standard InChI is InChI=1S/C25H32N4O3/c1-17-15-28(12-13-32-17)20-7-10-22-23(14-20)29(16-19-4-3-11-26-24(19)27-22)25(30)18-5-8-21(31-2)9-6-18/h3-4,7,10-11,14,17-18,21H,5-6,8-9,12-13,15-16H2,1-2H3,(H,26,27). The molecule has 2 fully saturated rings. The number of aromatic nitrogens is 1. The molecule has 3 aliphatic rings. The van der Waals surface area contributed by atoms with E-state index in [1.807, 2.05) is 17.0 Å². The van der Waals surface area contributed by atoms with Gasteiger partial charge in [-0.1, -0.05) is 6.07 Å². The minimum absolute atomic E-state index is 0.0273. The third-order valence-corrected chi connectivity index (χ3v) is 6.97. The van der Waals surface area contributed by atoms with Gasteiger partial charge in [0.05, 0.1) is 36.7 Å². The van der Waals surface area contributed by atoms with E-state index in [9.17, 15) is 4.79 Å². The highest BCUT2D eigenvalue weighted by Gasteiger charge is 2.33. The third kappa shape index (κ3) is 4.19. The maximum Gasteiger partial charge on any atom is 0.230 e.